The van der Waals surface area contributed by atoms with Gasteiger partial charge in [-0.2, -0.15) is 0 Å². The van der Waals surface area contributed by atoms with Crippen molar-refractivity contribution in [2.45, 2.75) is 6.92 Å². The first-order valence-electron chi connectivity index (χ1n) is 4.42. The maximum absolute atomic E-state index is 11.5. The second kappa shape index (κ2) is 5.43. The second-order valence-electron chi connectivity index (χ2n) is 2.79. The van der Waals surface area contributed by atoms with E-state index in [1.807, 2.05) is 0 Å². The number of non-ortho nitro benzene ring substituents is 1. The Morgan fingerprint density at radius 1 is 1.62 bits per heavy atom. The number of carbonyl (C=O) groups is 1. The van der Waals surface area contributed by atoms with Crippen LogP contribution in [0.2, 0.25) is 5.02 Å². The van der Waals surface area contributed by atoms with Crippen molar-refractivity contribution in [1.29, 1.82) is 0 Å². The number of amides is 1. The Bertz CT molecular complexity index is 422. The molecule has 0 atom stereocenters. The third-order valence-electron chi connectivity index (χ3n) is 1.71. The summed E-state index contributed by atoms with van der Waals surface area (Å²) >= 11 is 5.74. The summed E-state index contributed by atoms with van der Waals surface area (Å²) in [5.41, 5.74) is 1.91. The molecular weight excluding hydrogens is 236 g/mol. The molecule has 1 aromatic carbocycles. The van der Waals surface area contributed by atoms with E-state index < -0.39 is 10.8 Å². The van der Waals surface area contributed by atoms with Gasteiger partial charge in [-0.1, -0.05) is 11.6 Å². The van der Waals surface area contributed by atoms with E-state index in [9.17, 15) is 14.9 Å². The Morgan fingerprint density at radius 2 is 2.31 bits per heavy atom. The minimum absolute atomic E-state index is 0.00400. The van der Waals surface area contributed by atoms with Crippen LogP contribution in [0.1, 0.15) is 17.3 Å². The number of nitrogens with zero attached hydrogens (tertiary/aromatic N) is 1. The van der Waals surface area contributed by atoms with Crippen LogP contribution in [0.4, 0.5) is 5.69 Å². The number of nitro groups is 1. The first-order chi connectivity index (χ1) is 7.56. The molecule has 0 aromatic heterocycles. The van der Waals surface area contributed by atoms with Gasteiger partial charge >= 0.3 is 0 Å². The van der Waals surface area contributed by atoms with Crippen LogP contribution in [-0.4, -0.2) is 17.4 Å². The summed E-state index contributed by atoms with van der Waals surface area (Å²) in [6.45, 7) is 1.98. The molecule has 0 heterocycles. The van der Waals surface area contributed by atoms with Gasteiger partial charge in [0.2, 0.25) is 0 Å². The van der Waals surface area contributed by atoms with Crippen LogP contribution >= 0.6 is 11.6 Å². The van der Waals surface area contributed by atoms with E-state index in [-0.39, 0.29) is 22.9 Å². The van der Waals surface area contributed by atoms with Gasteiger partial charge < -0.3 is 0 Å². The number of hydroxylamine groups is 1. The van der Waals surface area contributed by atoms with Crippen LogP contribution < -0.4 is 5.48 Å². The van der Waals surface area contributed by atoms with Crippen LogP contribution in [-0.2, 0) is 4.84 Å². The smallest absolute Gasteiger partial charge is 0.274 e. The van der Waals surface area contributed by atoms with E-state index in [1.54, 1.807) is 6.92 Å². The number of benzene rings is 1. The largest absolute Gasteiger partial charge is 0.276 e. The predicted molar refractivity (Wildman–Crippen MR) is 57.2 cm³/mol. The molecule has 0 aliphatic heterocycles. The van der Waals surface area contributed by atoms with Crippen molar-refractivity contribution in [3.8, 4) is 0 Å². The average Bonchev–Trinajstić information content (AvgIpc) is 2.26. The highest BCUT2D eigenvalue weighted by molar-refractivity contribution is 6.33. The highest BCUT2D eigenvalue weighted by atomic mass is 35.5. The van der Waals surface area contributed by atoms with Gasteiger partial charge in [0, 0.05) is 12.1 Å². The van der Waals surface area contributed by atoms with Crippen LogP contribution in [0, 0.1) is 10.1 Å². The van der Waals surface area contributed by atoms with Gasteiger partial charge in [-0.05, 0) is 13.0 Å². The van der Waals surface area contributed by atoms with Gasteiger partial charge in [0.05, 0.1) is 22.1 Å². The number of carbonyl (C=O) groups excluding carboxylic acids is 1. The molecule has 1 rings (SSSR count). The molecule has 0 spiro atoms. The van der Waals surface area contributed by atoms with Gasteiger partial charge in [-0.15, -0.1) is 0 Å². The number of hydrogen-bond donors (Lipinski definition) is 1. The Balaban J connectivity index is 2.97. The van der Waals surface area contributed by atoms with Crippen LogP contribution in [0.15, 0.2) is 18.2 Å². The van der Waals surface area contributed by atoms with Gasteiger partial charge in [-0.3, -0.25) is 19.7 Å². The third-order valence-corrected chi connectivity index (χ3v) is 2.04. The Morgan fingerprint density at radius 3 is 2.88 bits per heavy atom. The number of nitrogens with one attached hydrogen (secondary N) is 1. The molecule has 0 fully saturated rings. The van der Waals surface area contributed by atoms with E-state index in [2.05, 4.69) is 10.3 Å². The highest BCUT2D eigenvalue weighted by Crippen LogP contribution is 2.21. The topological polar surface area (TPSA) is 81.5 Å². The summed E-state index contributed by atoms with van der Waals surface area (Å²) < 4.78 is 0. The highest BCUT2D eigenvalue weighted by Gasteiger charge is 2.15. The van der Waals surface area contributed by atoms with Gasteiger partial charge in [0.25, 0.3) is 11.6 Å². The molecule has 6 nitrogen and oxygen atoms in total. The summed E-state index contributed by atoms with van der Waals surface area (Å²) in [5.74, 6) is -0.615. The minimum Gasteiger partial charge on any atom is -0.274 e. The van der Waals surface area contributed by atoms with Gasteiger partial charge in [0.1, 0.15) is 0 Å². The Labute approximate surface area is 96.3 Å². The molecule has 0 saturated carbocycles. The maximum Gasteiger partial charge on any atom is 0.276 e. The molecule has 0 radical (unpaired) electrons. The number of rotatable bonds is 4. The van der Waals surface area contributed by atoms with E-state index in [0.717, 1.165) is 6.07 Å². The normalized spacial score (nSPS) is 9.88. The molecular formula is C9H9ClN2O4. The van der Waals surface area contributed by atoms with Crippen molar-refractivity contribution >= 4 is 23.2 Å². The van der Waals surface area contributed by atoms with E-state index in [1.165, 1.54) is 12.1 Å². The zero-order chi connectivity index (χ0) is 12.1. The lowest BCUT2D eigenvalue weighted by atomic mass is 10.2. The van der Waals surface area contributed by atoms with E-state index >= 15 is 0 Å². The molecule has 0 aliphatic carbocycles. The quantitative estimate of drug-likeness (QED) is 0.648. The molecule has 1 N–H and O–H groups in total. The summed E-state index contributed by atoms with van der Waals surface area (Å²) in [6.07, 6.45) is 0. The lowest BCUT2D eigenvalue weighted by molar-refractivity contribution is -0.384. The van der Waals surface area contributed by atoms with Gasteiger partial charge in [-0.25, -0.2) is 5.48 Å². The summed E-state index contributed by atoms with van der Waals surface area (Å²) in [4.78, 5) is 26.0. The molecule has 86 valence electrons. The Kier molecular flexibility index (Phi) is 4.21. The molecule has 1 amide bonds. The fourth-order valence-electron chi connectivity index (χ4n) is 0.994. The molecule has 7 heteroatoms. The number of hydrogen-bond acceptors (Lipinski definition) is 4. The first kappa shape index (κ1) is 12.4. The minimum atomic E-state index is -0.615. The average molecular weight is 245 g/mol. The Hall–Kier alpha value is -1.66. The lowest BCUT2D eigenvalue weighted by Crippen LogP contribution is -2.23. The molecule has 0 saturated heterocycles. The SMILES string of the molecule is CCONC(=O)c1cc([N+](=O)[O-])ccc1Cl. The summed E-state index contributed by atoms with van der Waals surface area (Å²) in [6, 6.07) is 3.61. The molecule has 0 aliphatic rings. The van der Waals surface area contributed by atoms with E-state index in [4.69, 9.17) is 11.6 Å². The van der Waals surface area contributed by atoms with Crippen molar-refractivity contribution in [1.82, 2.24) is 5.48 Å². The van der Waals surface area contributed by atoms with Crippen molar-refractivity contribution in [3.05, 3.63) is 38.9 Å². The monoisotopic (exact) mass is 244 g/mol. The molecule has 16 heavy (non-hydrogen) atoms. The molecule has 0 bridgehead atoms. The predicted octanol–water partition coefficient (Wildman–Crippen LogP) is 1.93. The standard InChI is InChI=1S/C9H9ClN2O4/c1-2-16-11-9(13)7-5-6(12(14)15)3-4-8(7)10/h3-5H,2H2,1H3,(H,11,13). The molecule has 0 unspecified atom stereocenters. The van der Waals surface area contributed by atoms with E-state index in [0.29, 0.717) is 0 Å². The van der Waals surface area contributed by atoms with Crippen LogP contribution in [0.3, 0.4) is 0 Å². The van der Waals surface area contributed by atoms with Crippen LogP contribution in [0.5, 0.6) is 0 Å². The van der Waals surface area contributed by atoms with Crippen molar-refractivity contribution in [2.75, 3.05) is 6.61 Å². The number of nitro benzene ring substituents is 1. The summed E-state index contributed by atoms with van der Waals surface area (Å²) in [7, 11) is 0. The van der Waals surface area contributed by atoms with Crippen molar-refractivity contribution < 1.29 is 14.6 Å². The van der Waals surface area contributed by atoms with Gasteiger partial charge in [0.15, 0.2) is 0 Å². The molecule has 1 aromatic rings. The maximum atomic E-state index is 11.5. The zero-order valence-electron chi connectivity index (χ0n) is 8.40. The fraction of sp³-hybridized carbons (Fsp3) is 0.222. The summed E-state index contributed by atoms with van der Waals surface area (Å²) in [5, 5.41) is 10.6. The lowest BCUT2D eigenvalue weighted by Gasteiger charge is -2.05. The third kappa shape index (κ3) is 2.91. The van der Waals surface area contributed by atoms with Crippen LogP contribution in [0.25, 0.3) is 0 Å². The zero-order valence-corrected chi connectivity index (χ0v) is 9.15. The first-order valence-corrected chi connectivity index (χ1v) is 4.80. The van der Waals surface area contributed by atoms with Crippen molar-refractivity contribution in [3.63, 3.8) is 0 Å². The second-order valence-corrected chi connectivity index (χ2v) is 3.19. The fourth-order valence-corrected chi connectivity index (χ4v) is 1.20. The van der Waals surface area contributed by atoms with Crippen molar-refractivity contribution in [2.24, 2.45) is 0 Å². The number of halogens is 1.